The number of benzene rings is 1. The van der Waals surface area contributed by atoms with Crippen molar-refractivity contribution in [1.82, 2.24) is 20.0 Å². The number of amides is 1. The molecule has 1 N–H and O–H groups in total. The summed E-state index contributed by atoms with van der Waals surface area (Å²) >= 11 is 1.65. The number of rotatable bonds is 9. The maximum atomic E-state index is 12.1. The Kier molecular flexibility index (Phi) is 7.17. The monoisotopic (exact) mass is 394 g/mol. The summed E-state index contributed by atoms with van der Waals surface area (Å²) in [4.78, 5) is 15.3. The molecule has 2 heterocycles. The van der Waals surface area contributed by atoms with Crippen molar-refractivity contribution < 1.29 is 4.79 Å². The maximum absolute atomic E-state index is 12.1. The highest BCUT2D eigenvalue weighted by molar-refractivity contribution is 7.13. The van der Waals surface area contributed by atoms with Gasteiger partial charge in [0.1, 0.15) is 5.69 Å². The van der Waals surface area contributed by atoms with Crippen LogP contribution in [0.4, 0.5) is 0 Å². The maximum Gasteiger partial charge on any atom is 0.244 e. The van der Waals surface area contributed by atoms with Gasteiger partial charge < -0.3 is 10.2 Å². The third-order valence-corrected chi connectivity index (χ3v) is 5.10. The van der Waals surface area contributed by atoms with Crippen LogP contribution < -0.4 is 5.32 Å². The Morgan fingerprint density at radius 3 is 2.75 bits per heavy atom. The second kappa shape index (κ2) is 10.0. The van der Waals surface area contributed by atoms with Crippen LogP contribution in [0.2, 0.25) is 0 Å². The van der Waals surface area contributed by atoms with E-state index >= 15 is 0 Å². The molecule has 28 heavy (non-hydrogen) atoms. The van der Waals surface area contributed by atoms with E-state index in [4.69, 9.17) is 5.10 Å². The van der Waals surface area contributed by atoms with Gasteiger partial charge in [-0.1, -0.05) is 36.4 Å². The van der Waals surface area contributed by atoms with Crippen LogP contribution in [0.15, 0.2) is 60.1 Å². The normalized spacial score (nSPS) is 11.4. The molecule has 0 aliphatic heterocycles. The molecule has 0 spiro atoms. The average molecular weight is 395 g/mol. The highest BCUT2D eigenvalue weighted by Gasteiger charge is 2.11. The molecule has 1 amide bonds. The molecule has 0 atom stereocenters. The van der Waals surface area contributed by atoms with Gasteiger partial charge in [-0.2, -0.15) is 5.10 Å². The highest BCUT2D eigenvalue weighted by atomic mass is 32.1. The number of hydrogen-bond donors (Lipinski definition) is 1. The van der Waals surface area contributed by atoms with E-state index in [1.165, 1.54) is 5.56 Å². The Morgan fingerprint density at radius 2 is 2.04 bits per heavy atom. The first-order valence-electron chi connectivity index (χ1n) is 9.38. The van der Waals surface area contributed by atoms with Crippen molar-refractivity contribution >= 4 is 23.3 Å². The Hall–Kier alpha value is -2.70. The van der Waals surface area contributed by atoms with E-state index in [9.17, 15) is 4.79 Å². The van der Waals surface area contributed by atoms with Gasteiger partial charge in [-0.05, 0) is 50.1 Å². The highest BCUT2D eigenvalue weighted by Crippen LogP contribution is 2.27. The molecule has 5 nitrogen and oxygen atoms in total. The van der Waals surface area contributed by atoms with Crippen molar-refractivity contribution in [3.63, 3.8) is 0 Å². The second-order valence-corrected chi connectivity index (χ2v) is 7.82. The molecule has 0 saturated carbocycles. The third-order valence-electron chi connectivity index (χ3n) is 4.23. The summed E-state index contributed by atoms with van der Waals surface area (Å²) in [5.74, 6) is -0.0771. The van der Waals surface area contributed by atoms with E-state index in [-0.39, 0.29) is 5.91 Å². The summed E-state index contributed by atoms with van der Waals surface area (Å²) in [7, 11) is 4.06. The van der Waals surface area contributed by atoms with Gasteiger partial charge in [-0.3, -0.25) is 9.48 Å². The first kappa shape index (κ1) is 20.0. The van der Waals surface area contributed by atoms with Crippen molar-refractivity contribution in [2.45, 2.75) is 13.0 Å². The molecule has 0 aliphatic rings. The van der Waals surface area contributed by atoms with E-state index in [2.05, 4.69) is 28.4 Å². The van der Waals surface area contributed by atoms with Gasteiger partial charge >= 0.3 is 0 Å². The number of hydrogen-bond acceptors (Lipinski definition) is 4. The molecule has 0 fully saturated rings. The lowest BCUT2D eigenvalue weighted by molar-refractivity contribution is -0.116. The lowest BCUT2D eigenvalue weighted by Crippen LogP contribution is -2.25. The number of aromatic nitrogens is 2. The van der Waals surface area contributed by atoms with Crippen LogP contribution in [0.5, 0.6) is 0 Å². The minimum Gasteiger partial charge on any atom is -0.353 e. The summed E-state index contributed by atoms with van der Waals surface area (Å²) in [5, 5.41) is 9.73. The molecule has 146 valence electrons. The number of thiophene rings is 1. The zero-order chi connectivity index (χ0) is 19.8. The van der Waals surface area contributed by atoms with Crippen LogP contribution in [-0.4, -0.2) is 47.8 Å². The van der Waals surface area contributed by atoms with E-state index in [0.29, 0.717) is 13.1 Å². The minimum absolute atomic E-state index is 0.0771. The molecule has 0 unspecified atom stereocenters. The number of carbonyl (C=O) groups is 1. The van der Waals surface area contributed by atoms with Crippen LogP contribution in [0.25, 0.3) is 16.6 Å². The molecule has 0 bridgehead atoms. The van der Waals surface area contributed by atoms with Crippen molar-refractivity contribution in [1.29, 1.82) is 0 Å². The van der Waals surface area contributed by atoms with Crippen LogP contribution >= 0.6 is 11.3 Å². The Bertz CT molecular complexity index is 898. The Labute approximate surface area is 170 Å². The predicted molar refractivity (Wildman–Crippen MR) is 116 cm³/mol. The summed E-state index contributed by atoms with van der Waals surface area (Å²) in [6.07, 6.45) is 6.38. The van der Waals surface area contributed by atoms with Crippen molar-refractivity contribution in [3.8, 4) is 10.6 Å². The fourth-order valence-corrected chi connectivity index (χ4v) is 3.58. The standard InChI is InChI=1S/C22H26N4OS/c1-25(2)14-7-13-23-21(27)12-11-19-17-26(16-18-8-4-3-5-9-18)24-22(19)20-10-6-15-28-20/h3-6,8-12,15,17H,7,13-14,16H2,1-2H3,(H,23,27)/b12-11+. The van der Waals surface area contributed by atoms with Gasteiger partial charge in [0.15, 0.2) is 0 Å². The molecule has 0 aliphatic carbocycles. The first-order chi connectivity index (χ1) is 13.6. The van der Waals surface area contributed by atoms with Crippen molar-refractivity contribution in [3.05, 3.63) is 71.2 Å². The fraction of sp³-hybridized carbons (Fsp3) is 0.273. The van der Waals surface area contributed by atoms with Gasteiger partial charge in [0.05, 0.1) is 11.4 Å². The van der Waals surface area contributed by atoms with E-state index in [0.717, 1.165) is 29.1 Å². The number of carbonyl (C=O) groups excluding carboxylic acids is 1. The molecule has 3 rings (SSSR count). The smallest absolute Gasteiger partial charge is 0.244 e. The van der Waals surface area contributed by atoms with Gasteiger partial charge in [-0.25, -0.2) is 0 Å². The van der Waals surface area contributed by atoms with Crippen LogP contribution in [0, 0.1) is 0 Å². The first-order valence-corrected chi connectivity index (χ1v) is 10.3. The quantitative estimate of drug-likeness (QED) is 0.444. The van der Waals surface area contributed by atoms with Crippen molar-refractivity contribution in [2.24, 2.45) is 0 Å². The minimum atomic E-state index is -0.0771. The van der Waals surface area contributed by atoms with Gasteiger partial charge in [0.25, 0.3) is 0 Å². The number of nitrogens with one attached hydrogen (secondary N) is 1. The lowest BCUT2D eigenvalue weighted by Gasteiger charge is -2.08. The Balaban J connectivity index is 1.71. The predicted octanol–water partition coefficient (Wildman–Crippen LogP) is 3.74. The largest absolute Gasteiger partial charge is 0.353 e. The molecular weight excluding hydrogens is 368 g/mol. The summed E-state index contributed by atoms with van der Waals surface area (Å²) in [5.41, 5.74) is 3.04. The van der Waals surface area contributed by atoms with E-state index in [1.54, 1.807) is 17.4 Å². The van der Waals surface area contributed by atoms with E-state index in [1.807, 2.05) is 60.7 Å². The summed E-state index contributed by atoms with van der Waals surface area (Å²) in [6, 6.07) is 14.3. The Morgan fingerprint density at radius 1 is 1.21 bits per heavy atom. The molecule has 0 radical (unpaired) electrons. The van der Waals surface area contributed by atoms with E-state index < -0.39 is 0 Å². The van der Waals surface area contributed by atoms with Crippen LogP contribution in [0.3, 0.4) is 0 Å². The molecule has 6 heteroatoms. The molecule has 1 aromatic carbocycles. The second-order valence-electron chi connectivity index (χ2n) is 6.87. The molecule has 3 aromatic rings. The van der Waals surface area contributed by atoms with Crippen LogP contribution in [0.1, 0.15) is 17.5 Å². The molecular formula is C22H26N4OS. The van der Waals surface area contributed by atoms with Crippen molar-refractivity contribution in [2.75, 3.05) is 27.2 Å². The van der Waals surface area contributed by atoms with Crippen LogP contribution in [-0.2, 0) is 11.3 Å². The van der Waals surface area contributed by atoms with Gasteiger partial charge in [-0.15, -0.1) is 11.3 Å². The average Bonchev–Trinajstić information content (AvgIpc) is 3.34. The van der Waals surface area contributed by atoms with Gasteiger partial charge in [0.2, 0.25) is 5.91 Å². The zero-order valence-electron chi connectivity index (χ0n) is 16.3. The third kappa shape index (κ3) is 5.90. The SMILES string of the molecule is CN(C)CCCNC(=O)/C=C/c1cn(Cc2ccccc2)nc1-c1cccs1. The molecule has 2 aromatic heterocycles. The van der Waals surface area contributed by atoms with Gasteiger partial charge in [0, 0.05) is 24.4 Å². The fourth-order valence-electron chi connectivity index (χ4n) is 2.85. The topological polar surface area (TPSA) is 50.2 Å². The summed E-state index contributed by atoms with van der Waals surface area (Å²) < 4.78 is 1.93. The lowest BCUT2D eigenvalue weighted by atomic mass is 10.2. The molecule has 0 saturated heterocycles. The number of nitrogens with zero attached hydrogens (tertiary/aromatic N) is 3. The summed E-state index contributed by atoms with van der Waals surface area (Å²) in [6.45, 7) is 2.33. The zero-order valence-corrected chi connectivity index (χ0v) is 17.2.